The first-order valence-electron chi connectivity index (χ1n) is 9.50. The van der Waals surface area contributed by atoms with Crippen LogP contribution in [0.25, 0.3) is 11.1 Å². The lowest BCUT2D eigenvalue weighted by Gasteiger charge is -2.32. The van der Waals surface area contributed by atoms with Gasteiger partial charge in [-0.2, -0.15) is 0 Å². The molecular weight excluding hydrogens is 383 g/mol. The summed E-state index contributed by atoms with van der Waals surface area (Å²) in [6, 6.07) is 7.58. The zero-order chi connectivity index (χ0) is 20.5. The van der Waals surface area contributed by atoms with Crippen molar-refractivity contribution in [1.29, 1.82) is 0 Å². The van der Waals surface area contributed by atoms with Crippen LogP contribution in [-0.2, 0) is 11.2 Å². The van der Waals surface area contributed by atoms with Crippen LogP contribution in [0, 0.1) is 12.7 Å². The van der Waals surface area contributed by atoms with E-state index in [9.17, 15) is 18.0 Å². The van der Waals surface area contributed by atoms with Crippen LogP contribution >= 0.6 is 0 Å². The number of hydrogen-bond acceptors (Lipinski definition) is 4. The Bertz CT molecular complexity index is 1050. The maximum Gasteiger partial charge on any atom is 0.264 e. The van der Waals surface area contributed by atoms with Gasteiger partial charge in [0, 0.05) is 30.3 Å². The second kappa shape index (κ2) is 7.85. The number of halogens is 3. The average molecular weight is 403 g/mol. The van der Waals surface area contributed by atoms with Crippen molar-refractivity contribution in [1.82, 2.24) is 15.0 Å². The molecule has 0 saturated carbocycles. The Kier molecular flexibility index (Phi) is 5.25. The van der Waals surface area contributed by atoms with Gasteiger partial charge in [-0.3, -0.25) is 4.79 Å². The molecule has 1 amide bonds. The summed E-state index contributed by atoms with van der Waals surface area (Å²) in [5.74, 6) is -0.796. The molecule has 5 nitrogen and oxygen atoms in total. The van der Waals surface area contributed by atoms with Gasteiger partial charge in [0.25, 0.3) is 12.1 Å². The molecular formula is C21H20F3N3O2. The highest BCUT2D eigenvalue weighted by Gasteiger charge is 2.28. The molecule has 0 spiro atoms. The van der Waals surface area contributed by atoms with Crippen molar-refractivity contribution >= 4 is 17.0 Å². The molecule has 1 aliphatic heterocycles. The fourth-order valence-corrected chi connectivity index (χ4v) is 3.89. The van der Waals surface area contributed by atoms with Crippen molar-refractivity contribution in [2.24, 2.45) is 0 Å². The molecule has 3 aromatic rings. The maximum absolute atomic E-state index is 13.9. The standard InChI is InChI=1S/C21H20F3N3O2/c1-12-19-15(20(23)24)10-17(25-21(19)29-26-12)14-6-4-8-27(11-14)18(28)9-13-5-2-3-7-16(13)22/h2-3,5,7,10,14,20H,4,6,8-9,11H2,1H3. The van der Waals surface area contributed by atoms with Gasteiger partial charge in [0.15, 0.2) is 0 Å². The second-order valence-electron chi connectivity index (χ2n) is 7.33. The van der Waals surface area contributed by atoms with E-state index in [4.69, 9.17) is 4.52 Å². The molecule has 1 aromatic carbocycles. The summed E-state index contributed by atoms with van der Waals surface area (Å²) < 4.78 is 46.2. The van der Waals surface area contributed by atoms with Gasteiger partial charge in [0.05, 0.1) is 17.5 Å². The van der Waals surface area contributed by atoms with Crippen LogP contribution in [0.3, 0.4) is 0 Å². The van der Waals surface area contributed by atoms with E-state index in [1.807, 2.05) is 0 Å². The van der Waals surface area contributed by atoms with Gasteiger partial charge in [0.2, 0.25) is 5.91 Å². The predicted molar refractivity (Wildman–Crippen MR) is 100 cm³/mol. The summed E-state index contributed by atoms with van der Waals surface area (Å²) in [5.41, 5.74) is 1.12. The number of carbonyl (C=O) groups is 1. The highest BCUT2D eigenvalue weighted by atomic mass is 19.3. The summed E-state index contributed by atoms with van der Waals surface area (Å²) in [6.07, 6.45) is -1.28. The number of alkyl halides is 2. The molecule has 0 bridgehead atoms. The van der Waals surface area contributed by atoms with Gasteiger partial charge in [-0.25, -0.2) is 18.2 Å². The average Bonchev–Trinajstić information content (AvgIpc) is 3.10. The quantitative estimate of drug-likeness (QED) is 0.641. The third-order valence-corrected chi connectivity index (χ3v) is 5.39. The van der Waals surface area contributed by atoms with E-state index in [2.05, 4.69) is 10.1 Å². The highest BCUT2D eigenvalue weighted by molar-refractivity contribution is 5.81. The number of likely N-dealkylation sites (tertiary alicyclic amines) is 1. The molecule has 4 rings (SSSR count). The van der Waals surface area contributed by atoms with Gasteiger partial charge in [-0.1, -0.05) is 23.4 Å². The fourth-order valence-electron chi connectivity index (χ4n) is 3.89. The Balaban J connectivity index is 1.57. The lowest BCUT2D eigenvalue weighted by Crippen LogP contribution is -2.40. The number of aromatic nitrogens is 2. The summed E-state index contributed by atoms with van der Waals surface area (Å²) >= 11 is 0. The Labute approximate surface area is 165 Å². The first kappa shape index (κ1) is 19.4. The van der Waals surface area contributed by atoms with Crippen LogP contribution in [0.15, 0.2) is 34.9 Å². The van der Waals surface area contributed by atoms with E-state index in [-0.39, 0.29) is 34.9 Å². The summed E-state index contributed by atoms with van der Waals surface area (Å²) in [6.45, 7) is 2.50. The van der Waals surface area contributed by atoms with Crippen LogP contribution in [0.4, 0.5) is 13.2 Å². The van der Waals surface area contributed by atoms with Gasteiger partial charge in [0.1, 0.15) is 5.82 Å². The smallest absolute Gasteiger partial charge is 0.264 e. The molecule has 1 fully saturated rings. The third-order valence-electron chi connectivity index (χ3n) is 5.39. The van der Waals surface area contributed by atoms with Crippen LogP contribution in [0.5, 0.6) is 0 Å². The molecule has 0 aliphatic carbocycles. The molecule has 29 heavy (non-hydrogen) atoms. The van der Waals surface area contributed by atoms with Crippen molar-refractivity contribution in [3.05, 3.63) is 58.7 Å². The number of fused-ring (bicyclic) bond motifs is 1. The Morgan fingerprint density at radius 1 is 1.34 bits per heavy atom. The molecule has 0 radical (unpaired) electrons. The zero-order valence-electron chi connectivity index (χ0n) is 15.9. The van der Waals surface area contributed by atoms with E-state index in [0.717, 1.165) is 6.42 Å². The first-order valence-corrected chi connectivity index (χ1v) is 9.50. The fraction of sp³-hybridized carbons (Fsp3) is 0.381. The Hall–Kier alpha value is -2.90. The molecule has 152 valence electrons. The number of rotatable bonds is 4. The minimum absolute atomic E-state index is 0.0323. The van der Waals surface area contributed by atoms with E-state index < -0.39 is 12.2 Å². The van der Waals surface area contributed by atoms with Gasteiger partial charge >= 0.3 is 0 Å². The predicted octanol–water partition coefficient (Wildman–Crippen LogP) is 4.56. The van der Waals surface area contributed by atoms with Gasteiger partial charge in [-0.05, 0) is 37.5 Å². The second-order valence-corrected chi connectivity index (χ2v) is 7.33. The molecule has 2 aromatic heterocycles. The van der Waals surface area contributed by atoms with Crippen molar-refractivity contribution < 1.29 is 22.5 Å². The molecule has 1 aliphatic rings. The third kappa shape index (κ3) is 3.83. The minimum Gasteiger partial charge on any atom is -0.342 e. The number of benzene rings is 1. The first-order chi connectivity index (χ1) is 13.9. The number of carbonyl (C=O) groups excluding carboxylic acids is 1. The monoisotopic (exact) mass is 403 g/mol. The Morgan fingerprint density at radius 2 is 2.14 bits per heavy atom. The van der Waals surface area contributed by atoms with E-state index in [0.29, 0.717) is 36.5 Å². The van der Waals surface area contributed by atoms with Crippen LogP contribution in [0.2, 0.25) is 0 Å². The molecule has 1 saturated heterocycles. The lowest BCUT2D eigenvalue weighted by atomic mass is 9.92. The van der Waals surface area contributed by atoms with Gasteiger partial charge < -0.3 is 9.42 Å². The van der Waals surface area contributed by atoms with E-state index in [1.54, 1.807) is 30.0 Å². The molecule has 0 N–H and O–H groups in total. The van der Waals surface area contributed by atoms with Crippen LogP contribution in [0.1, 0.15) is 47.7 Å². The lowest BCUT2D eigenvalue weighted by molar-refractivity contribution is -0.131. The van der Waals surface area contributed by atoms with Crippen LogP contribution in [-0.4, -0.2) is 34.0 Å². The summed E-state index contributed by atoms with van der Waals surface area (Å²) in [5, 5.41) is 4.00. The molecule has 1 unspecified atom stereocenters. The largest absolute Gasteiger partial charge is 0.342 e. The number of aryl methyl sites for hydroxylation is 1. The van der Waals surface area contributed by atoms with Gasteiger partial charge in [-0.15, -0.1) is 0 Å². The van der Waals surface area contributed by atoms with Crippen molar-refractivity contribution in [3.63, 3.8) is 0 Å². The van der Waals surface area contributed by atoms with Crippen molar-refractivity contribution in [2.75, 3.05) is 13.1 Å². The normalized spacial score (nSPS) is 17.3. The van der Waals surface area contributed by atoms with Crippen molar-refractivity contribution in [2.45, 2.75) is 38.5 Å². The van der Waals surface area contributed by atoms with E-state index >= 15 is 0 Å². The van der Waals surface area contributed by atoms with Crippen molar-refractivity contribution in [3.8, 4) is 0 Å². The maximum atomic E-state index is 13.9. The van der Waals surface area contributed by atoms with E-state index in [1.165, 1.54) is 12.1 Å². The summed E-state index contributed by atoms with van der Waals surface area (Å²) in [4.78, 5) is 18.7. The van der Waals surface area contributed by atoms with Crippen LogP contribution < -0.4 is 0 Å². The number of pyridine rings is 1. The zero-order valence-corrected chi connectivity index (χ0v) is 15.9. The highest BCUT2D eigenvalue weighted by Crippen LogP contribution is 2.34. The number of amides is 1. The summed E-state index contributed by atoms with van der Waals surface area (Å²) in [7, 11) is 0. The number of nitrogens with zero attached hydrogens (tertiary/aromatic N) is 3. The topological polar surface area (TPSA) is 59.2 Å². The number of hydrogen-bond donors (Lipinski definition) is 0. The number of piperidine rings is 1. The molecule has 1 atom stereocenters. The molecule has 3 heterocycles. The minimum atomic E-state index is -2.68. The molecule has 8 heteroatoms. The SMILES string of the molecule is Cc1noc2nc(C3CCCN(C(=O)Cc4ccccc4F)C3)cc(C(F)F)c12. The Morgan fingerprint density at radius 3 is 2.90 bits per heavy atom.